The second-order valence-electron chi connectivity index (χ2n) is 8.28. The van der Waals surface area contributed by atoms with Gasteiger partial charge in [-0.15, -0.1) is 0 Å². The SMILES string of the molecule is O=C(C[C@H]1C[C@H](c2cccc(Cl)c2)[C@@H](C(c2ccc(Cl)cc2)C2CC2)NC1=O)NO. The number of halogens is 2. The Bertz CT molecular complexity index is 930. The molecule has 0 radical (unpaired) electrons. The fourth-order valence-corrected chi connectivity index (χ4v) is 5.05. The van der Waals surface area contributed by atoms with Gasteiger partial charge < -0.3 is 5.32 Å². The Kier molecular flexibility index (Phi) is 6.32. The first-order valence-electron chi connectivity index (χ1n) is 10.2. The van der Waals surface area contributed by atoms with Crippen molar-refractivity contribution in [2.45, 2.75) is 43.6 Å². The van der Waals surface area contributed by atoms with Crippen LogP contribution in [0.5, 0.6) is 0 Å². The summed E-state index contributed by atoms with van der Waals surface area (Å²) in [6.07, 6.45) is 2.71. The molecule has 0 bridgehead atoms. The number of hydrogen-bond acceptors (Lipinski definition) is 3. The third kappa shape index (κ3) is 4.64. The van der Waals surface area contributed by atoms with Crippen molar-refractivity contribution in [3.8, 4) is 0 Å². The Labute approximate surface area is 185 Å². The Morgan fingerprint density at radius 2 is 1.87 bits per heavy atom. The van der Waals surface area contributed by atoms with Crippen LogP contribution in [-0.4, -0.2) is 23.1 Å². The zero-order chi connectivity index (χ0) is 21.3. The Morgan fingerprint density at radius 1 is 1.13 bits per heavy atom. The van der Waals surface area contributed by atoms with Crippen molar-refractivity contribution in [2.75, 3.05) is 0 Å². The topological polar surface area (TPSA) is 78.4 Å². The molecule has 3 N–H and O–H groups in total. The van der Waals surface area contributed by atoms with Crippen LogP contribution in [0.3, 0.4) is 0 Å². The van der Waals surface area contributed by atoms with Crippen LogP contribution < -0.4 is 10.8 Å². The molecule has 0 spiro atoms. The van der Waals surface area contributed by atoms with Gasteiger partial charge in [-0.2, -0.15) is 0 Å². The zero-order valence-corrected chi connectivity index (χ0v) is 17.9. The highest BCUT2D eigenvalue weighted by Crippen LogP contribution is 2.50. The smallest absolute Gasteiger partial charge is 0.244 e. The van der Waals surface area contributed by atoms with E-state index in [-0.39, 0.29) is 30.2 Å². The van der Waals surface area contributed by atoms with E-state index in [1.165, 1.54) is 0 Å². The minimum Gasteiger partial charge on any atom is -0.352 e. The predicted octanol–water partition coefficient (Wildman–Crippen LogP) is 4.67. The van der Waals surface area contributed by atoms with Crippen LogP contribution in [0.4, 0.5) is 0 Å². The van der Waals surface area contributed by atoms with E-state index in [9.17, 15) is 9.59 Å². The first-order valence-corrected chi connectivity index (χ1v) is 11.0. The van der Waals surface area contributed by atoms with Crippen molar-refractivity contribution in [3.63, 3.8) is 0 Å². The van der Waals surface area contributed by atoms with Crippen LogP contribution in [0.1, 0.15) is 48.6 Å². The second kappa shape index (κ2) is 8.96. The van der Waals surface area contributed by atoms with Crippen molar-refractivity contribution in [2.24, 2.45) is 11.8 Å². The van der Waals surface area contributed by atoms with E-state index in [0.29, 0.717) is 22.4 Å². The number of hydroxylamine groups is 1. The first kappa shape index (κ1) is 21.2. The fraction of sp³-hybridized carbons (Fsp3) is 0.391. The van der Waals surface area contributed by atoms with Gasteiger partial charge in [0.25, 0.3) is 0 Å². The minimum absolute atomic E-state index is 0.000768. The van der Waals surface area contributed by atoms with Crippen molar-refractivity contribution in [1.82, 2.24) is 10.8 Å². The predicted molar refractivity (Wildman–Crippen MR) is 116 cm³/mol. The third-order valence-electron chi connectivity index (χ3n) is 6.26. The molecule has 4 atom stereocenters. The summed E-state index contributed by atoms with van der Waals surface area (Å²) in [6, 6.07) is 15.4. The highest BCUT2D eigenvalue weighted by atomic mass is 35.5. The van der Waals surface area contributed by atoms with Crippen molar-refractivity contribution in [1.29, 1.82) is 0 Å². The van der Waals surface area contributed by atoms with E-state index < -0.39 is 11.8 Å². The van der Waals surface area contributed by atoms with Gasteiger partial charge in [-0.05, 0) is 60.6 Å². The summed E-state index contributed by atoms with van der Waals surface area (Å²) in [5.41, 5.74) is 3.84. The van der Waals surface area contributed by atoms with Gasteiger partial charge in [0.2, 0.25) is 11.8 Å². The normalized spacial score (nSPS) is 24.8. The average molecular weight is 447 g/mol. The number of amides is 2. The number of carbonyl (C=O) groups is 2. The maximum atomic E-state index is 12.9. The number of piperidine rings is 1. The maximum Gasteiger partial charge on any atom is 0.244 e. The van der Waals surface area contributed by atoms with E-state index in [1.54, 1.807) is 5.48 Å². The van der Waals surface area contributed by atoms with Crippen LogP contribution in [0.2, 0.25) is 10.0 Å². The van der Waals surface area contributed by atoms with E-state index in [4.69, 9.17) is 28.4 Å². The van der Waals surface area contributed by atoms with E-state index >= 15 is 0 Å². The molecule has 1 saturated carbocycles. The zero-order valence-electron chi connectivity index (χ0n) is 16.4. The number of carbonyl (C=O) groups excluding carboxylic acids is 2. The molecule has 5 nitrogen and oxygen atoms in total. The molecule has 1 aliphatic carbocycles. The molecule has 1 saturated heterocycles. The summed E-state index contributed by atoms with van der Waals surface area (Å²) in [7, 11) is 0. The molecule has 0 aromatic heterocycles. The van der Waals surface area contributed by atoms with Crippen LogP contribution in [-0.2, 0) is 9.59 Å². The number of rotatable bonds is 6. The lowest BCUT2D eigenvalue weighted by molar-refractivity contribution is -0.137. The monoisotopic (exact) mass is 446 g/mol. The first-order chi connectivity index (χ1) is 14.5. The summed E-state index contributed by atoms with van der Waals surface area (Å²) in [5.74, 6) is -0.573. The summed E-state index contributed by atoms with van der Waals surface area (Å²) >= 11 is 12.4. The molecule has 2 aliphatic rings. The molecule has 1 heterocycles. The Hall–Kier alpha value is -2.08. The molecule has 2 aromatic rings. The van der Waals surface area contributed by atoms with Crippen LogP contribution in [0.15, 0.2) is 48.5 Å². The molecular formula is C23H24Cl2N2O3. The van der Waals surface area contributed by atoms with E-state index in [0.717, 1.165) is 24.0 Å². The lowest BCUT2D eigenvalue weighted by atomic mass is 9.71. The maximum absolute atomic E-state index is 12.9. The second-order valence-corrected chi connectivity index (χ2v) is 9.16. The highest BCUT2D eigenvalue weighted by Gasteiger charge is 2.46. The van der Waals surface area contributed by atoms with Crippen LogP contribution >= 0.6 is 23.2 Å². The molecule has 7 heteroatoms. The fourth-order valence-electron chi connectivity index (χ4n) is 4.72. The minimum atomic E-state index is -0.560. The molecule has 30 heavy (non-hydrogen) atoms. The molecule has 2 amide bonds. The molecule has 158 valence electrons. The van der Waals surface area contributed by atoms with Gasteiger partial charge in [0.1, 0.15) is 0 Å². The Balaban J connectivity index is 1.70. The summed E-state index contributed by atoms with van der Waals surface area (Å²) in [5, 5.41) is 13.4. The van der Waals surface area contributed by atoms with Gasteiger partial charge in [0, 0.05) is 40.3 Å². The average Bonchev–Trinajstić information content (AvgIpc) is 3.56. The van der Waals surface area contributed by atoms with Crippen molar-refractivity contribution < 1.29 is 14.8 Å². The van der Waals surface area contributed by atoms with Crippen LogP contribution in [0, 0.1) is 11.8 Å². The summed E-state index contributed by atoms with van der Waals surface area (Å²) in [4.78, 5) is 24.6. The van der Waals surface area contributed by atoms with Crippen molar-refractivity contribution >= 4 is 35.0 Å². The molecular weight excluding hydrogens is 423 g/mol. The quantitative estimate of drug-likeness (QED) is 0.445. The molecule has 2 aromatic carbocycles. The van der Waals surface area contributed by atoms with Crippen LogP contribution in [0.25, 0.3) is 0 Å². The molecule has 1 aliphatic heterocycles. The van der Waals surface area contributed by atoms with Gasteiger partial charge in [-0.25, -0.2) is 5.48 Å². The number of benzene rings is 2. The molecule has 1 unspecified atom stereocenters. The Morgan fingerprint density at radius 3 is 2.50 bits per heavy atom. The van der Waals surface area contributed by atoms with Gasteiger partial charge in [0.05, 0.1) is 0 Å². The van der Waals surface area contributed by atoms with Gasteiger partial charge >= 0.3 is 0 Å². The number of nitrogens with one attached hydrogen (secondary N) is 2. The van der Waals surface area contributed by atoms with Gasteiger partial charge in [0.15, 0.2) is 0 Å². The van der Waals surface area contributed by atoms with Gasteiger partial charge in [-0.1, -0.05) is 47.5 Å². The third-order valence-corrected chi connectivity index (χ3v) is 6.74. The summed E-state index contributed by atoms with van der Waals surface area (Å²) in [6.45, 7) is 0. The number of hydrogen-bond donors (Lipinski definition) is 3. The largest absolute Gasteiger partial charge is 0.352 e. The molecule has 4 rings (SSSR count). The van der Waals surface area contributed by atoms with E-state index in [2.05, 4.69) is 5.32 Å². The molecule has 2 fully saturated rings. The van der Waals surface area contributed by atoms with Crippen molar-refractivity contribution in [3.05, 3.63) is 69.7 Å². The van der Waals surface area contributed by atoms with Gasteiger partial charge in [-0.3, -0.25) is 14.8 Å². The lowest BCUT2D eigenvalue weighted by Crippen LogP contribution is -2.52. The standard InChI is InChI=1S/C23H24Cl2N2O3/c24-17-8-6-14(7-9-17)21(13-4-5-13)22-19(15-2-1-3-18(25)10-15)11-16(23(29)26-22)12-20(28)27-30/h1-3,6-10,13,16,19,21-22,30H,4-5,11-12H2,(H,26,29)(H,27,28)/t16-,19-,21?,22+/m1/s1. The lowest BCUT2D eigenvalue weighted by Gasteiger charge is -2.41. The summed E-state index contributed by atoms with van der Waals surface area (Å²) < 4.78 is 0. The highest BCUT2D eigenvalue weighted by molar-refractivity contribution is 6.30. The van der Waals surface area contributed by atoms with E-state index in [1.807, 2.05) is 48.5 Å².